The molecule has 0 saturated heterocycles. The number of rotatable bonds is 11. The largest absolute Gasteiger partial charge is 0.405 e. The van der Waals surface area contributed by atoms with Crippen LogP contribution in [0.1, 0.15) is 13.8 Å². The van der Waals surface area contributed by atoms with Crippen LogP contribution in [0, 0.1) is 0 Å². The molecule has 0 fully saturated rings. The van der Waals surface area contributed by atoms with Crippen LogP contribution in [0.4, 0.5) is 0 Å². The molecule has 0 aromatic heterocycles. The van der Waals surface area contributed by atoms with E-state index in [1.165, 1.54) is 0 Å². The monoisotopic (exact) mass is 357 g/mol. The summed E-state index contributed by atoms with van der Waals surface area (Å²) >= 11 is 0. The number of hydrogen-bond donors (Lipinski definition) is 1. The van der Waals surface area contributed by atoms with Gasteiger partial charge in [0, 0.05) is 6.54 Å². The molecule has 0 aromatic carbocycles. The Hall–Kier alpha value is 0.220. The maximum absolute atomic E-state index is 12.3. The Morgan fingerprint density at radius 3 is 1.64 bits per heavy atom. The van der Waals surface area contributed by atoms with Crippen molar-refractivity contribution in [3.05, 3.63) is 0 Å². The summed E-state index contributed by atoms with van der Waals surface area (Å²) in [4.78, 5) is 0. The van der Waals surface area contributed by atoms with Crippen molar-refractivity contribution in [2.45, 2.75) is 13.8 Å². The van der Waals surface area contributed by atoms with Crippen LogP contribution in [0.15, 0.2) is 4.74 Å². The highest BCUT2D eigenvalue weighted by atomic mass is 31.2. The van der Waals surface area contributed by atoms with Gasteiger partial charge in [0.25, 0.3) is 0 Å². The molecule has 1 N–H and O–H groups in total. The molecule has 0 aliphatic heterocycles. The Morgan fingerprint density at radius 2 is 1.32 bits per heavy atom. The third kappa shape index (κ3) is 6.02. The molecule has 0 aromatic rings. The molecule has 8 nitrogen and oxygen atoms in total. The summed E-state index contributed by atoms with van der Waals surface area (Å²) < 4.78 is 34.0. The molecular formula is C12H33N5O3P2. The van der Waals surface area contributed by atoms with Gasteiger partial charge < -0.3 is 0 Å². The zero-order valence-corrected chi connectivity index (χ0v) is 17.0. The van der Waals surface area contributed by atoms with Gasteiger partial charge in [-0.2, -0.15) is 0 Å². The van der Waals surface area contributed by atoms with Crippen molar-refractivity contribution in [2.75, 3.05) is 68.6 Å². The van der Waals surface area contributed by atoms with Crippen LogP contribution >= 0.6 is 15.3 Å². The minimum atomic E-state index is -3.21. The van der Waals surface area contributed by atoms with Crippen molar-refractivity contribution in [2.24, 2.45) is 4.74 Å². The average Bonchev–Trinajstić information content (AvgIpc) is 2.37. The fraction of sp³-hybridized carbons (Fsp3) is 1.00. The van der Waals surface area contributed by atoms with E-state index in [9.17, 15) is 4.57 Å². The topological polar surface area (TPSA) is 69.6 Å². The molecular weight excluding hydrogens is 324 g/mol. The lowest BCUT2D eigenvalue weighted by Crippen LogP contribution is -2.31. The SMILES string of the molecule is CCOP(=O)(NCCN=P(N(C)C)(N(C)C)N(C)C)OCC. The van der Waals surface area contributed by atoms with Gasteiger partial charge in [0.15, 0.2) is 7.51 Å². The maximum atomic E-state index is 12.3. The first-order chi connectivity index (χ1) is 10.2. The average molecular weight is 357 g/mol. The van der Waals surface area contributed by atoms with Gasteiger partial charge in [-0.15, -0.1) is 0 Å². The molecule has 0 saturated carbocycles. The first-order valence-electron chi connectivity index (χ1n) is 7.42. The van der Waals surface area contributed by atoms with Crippen LogP contribution < -0.4 is 5.09 Å². The first-order valence-corrected chi connectivity index (χ1v) is 10.6. The quantitative estimate of drug-likeness (QED) is 0.450. The van der Waals surface area contributed by atoms with Gasteiger partial charge in [0.1, 0.15) is 0 Å². The molecule has 10 heteroatoms. The summed E-state index contributed by atoms with van der Waals surface area (Å²) in [5, 5.41) is 2.87. The summed E-state index contributed by atoms with van der Waals surface area (Å²) in [5.41, 5.74) is 0. The van der Waals surface area contributed by atoms with E-state index in [1.54, 1.807) is 13.8 Å². The predicted octanol–water partition coefficient (Wildman–Crippen LogP) is 2.39. The molecule has 0 aliphatic rings. The van der Waals surface area contributed by atoms with Crippen molar-refractivity contribution >= 4 is 15.3 Å². The Labute approximate surface area is 135 Å². The van der Waals surface area contributed by atoms with Crippen LogP contribution in [-0.4, -0.2) is 82.6 Å². The van der Waals surface area contributed by atoms with Crippen molar-refractivity contribution in [1.29, 1.82) is 0 Å². The summed E-state index contributed by atoms with van der Waals surface area (Å²) in [5.74, 6) is 0. The molecule has 0 unspecified atom stereocenters. The third-order valence-electron chi connectivity index (χ3n) is 2.92. The fourth-order valence-electron chi connectivity index (χ4n) is 2.29. The van der Waals surface area contributed by atoms with Gasteiger partial charge in [-0.25, -0.2) is 9.65 Å². The summed E-state index contributed by atoms with van der Waals surface area (Å²) in [6, 6.07) is 0. The lowest BCUT2D eigenvalue weighted by atomic mass is 10.7. The van der Waals surface area contributed by atoms with Crippen LogP contribution in [-0.2, 0) is 13.6 Å². The molecule has 0 spiro atoms. The predicted molar refractivity (Wildman–Crippen MR) is 94.1 cm³/mol. The number of nitrogens with one attached hydrogen (secondary N) is 1. The first kappa shape index (κ1) is 22.2. The van der Waals surface area contributed by atoms with Crippen molar-refractivity contribution < 1.29 is 13.6 Å². The van der Waals surface area contributed by atoms with E-state index in [0.29, 0.717) is 26.3 Å². The normalized spacial score (nSPS) is 13.4. The Bertz CT molecular complexity index is 377. The van der Waals surface area contributed by atoms with E-state index in [4.69, 9.17) is 13.8 Å². The highest BCUT2D eigenvalue weighted by Crippen LogP contribution is 2.54. The van der Waals surface area contributed by atoms with Crippen LogP contribution in [0.25, 0.3) is 0 Å². The van der Waals surface area contributed by atoms with Crippen molar-refractivity contribution in [3.63, 3.8) is 0 Å². The van der Waals surface area contributed by atoms with E-state index in [-0.39, 0.29) is 0 Å². The van der Waals surface area contributed by atoms with E-state index in [2.05, 4.69) is 19.1 Å². The highest BCUT2D eigenvalue weighted by Gasteiger charge is 2.28. The van der Waals surface area contributed by atoms with Crippen LogP contribution in [0.5, 0.6) is 0 Å². The van der Waals surface area contributed by atoms with E-state index in [1.807, 2.05) is 42.3 Å². The molecule has 0 rings (SSSR count). The standard InChI is InChI=1S/C12H33N5O3P2/c1-9-19-22(18,20-10-2)14-12-11-13-21(15(3)4,16(5)6)17(7)8/h9-12H2,1-8H3,(H,14,18). The zero-order valence-electron chi connectivity index (χ0n) is 15.2. The molecule has 0 aliphatic carbocycles. The van der Waals surface area contributed by atoms with Gasteiger partial charge in [0.05, 0.1) is 19.8 Å². The maximum Gasteiger partial charge on any atom is 0.405 e. The summed E-state index contributed by atoms with van der Waals surface area (Å²) in [6.45, 7) is 5.22. The number of nitrogens with zero attached hydrogens (tertiary/aromatic N) is 4. The van der Waals surface area contributed by atoms with Crippen LogP contribution in [0.3, 0.4) is 0 Å². The van der Waals surface area contributed by atoms with Crippen LogP contribution in [0.2, 0.25) is 0 Å². The molecule has 0 heterocycles. The summed E-state index contributed by atoms with van der Waals surface area (Å²) in [7, 11) is 7.02. The van der Waals surface area contributed by atoms with Gasteiger partial charge >= 0.3 is 7.75 Å². The Morgan fingerprint density at radius 1 is 0.909 bits per heavy atom. The molecule has 0 radical (unpaired) electrons. The molecule has 0 amide bonds. The highest BCUT2D eigenvalue weighted by molar-refractivity contribution is 7.59. The smallest absolute Gasteiger partial charge is 0.297 e. The minimum absolute atomic E-state index is 0.339. The molecule has 0 bridgehead atoms. The van der Waals surface area contributed by atoms with Gasteiger partial charge in [0.2, 0.25) is 0 Å². The lowest BCUT2D eigenvalue weighted by molar-refractivity contribution is 0.211. The lowest BCUT2D eigenvalue weighted by Gasteiger charge is -2.41. The second kappa shape index (κ2) is 10.2. The summed E-state index contributed by atoms with van der Waals surface area (Å²) in [6.07, 6.45) is 0. The Balaban J connectivity index is 4.96. The molecule has 22 heavy (non-hydrogen) atoms. The van der Waals surface area contributed by atoms with E-state index in [0.717, 1.165) is 0 Å². The van der Waals surface area contributed by atoms with Gasteiger partial charge in [-0.05, 0) is 56.1 Å². The van der Waals surface area contributed by atoms with Crippen molar-refractivity contribution in [3.8, 4) is 0 Å². The van der Waals surface area contributed by atoms with Gasteiger partial charge in [-0.1, -0.05) is 0 Å². The molecule has 0 atom stereocenters. The van der Waals surface area contributed by atoms with E-state index < -0.39 is 15.3 Å². The number of hydrogen-bond acceptors (Lipinski definition) is 4. The van der Waals surface area contributed by atoms with Gasteiger partial charge in [-0.3, -0.25) is 27.8 Å². The minimum Gasteiger partial charge on any atom is -0.297 e. The van der Waals surface area contributed by atoms with Crippen molar-refractivity contribution in [1.82, 2.24) is 19.1 Å². The fourth-order valence-corrected chi connectivity index (χ4v) is 6.88. The van der Waals surface area contributed by atoms with E-state index >= 15 is 0 Å². The second-order valence-electron chi connectivity index (χ2n) is 5.18. The Kier molecular flexibility index (Phi) is 10.3. The molecule has 134 valence electrons. The third-order valence-corrected chi connectivity index (χ3v) is 8.52. The zero-order chi connectivity index (χ0) is 17.4. The second-order valence-corrected chi connectivity index (χ2v) is 10.8.